The summed E-state index contributed by atoms with van der Waals surface area (Å²) in [4.78, 5) is 36.3. The van der Waals surface area contributed by atoms with Gasteiger partial charge >= 0.3 is 12.1 Å². The topological polar surface area (TPSA) is 93.7 Å². The molecule has 35 heavy (non-hydrogen) atoms. The van der Waals surface area contributed by atoms with Gasteiger partial charge in [0.25, 0.3) is 0 Å². The van der Waals surface area contributed by atoms with Crippen LogP contribution in [0.25, 0.3) is 6.08 Å². The second kappa shape index (κ2) is 12.2. The maximum Gasteiger partial charge on any atom is 0.412 e. The standard InChI is InChI=1S/C28H36N2O5/c1-27(2,3)34-25(32)19-18-21-16-14-20(15-17-21)10-9-13-24(31)29-22-11-7-8-12-23(22)30-26(33)35-28(4,5)6/h7-8,11-12,14-19H,9-10,13H2,1-6H3,(H,29,31)(H,30,33). The molecule has 2 amide bonds. The lowest BCUT2D eigenvalue weighted by atomic mass is 10.1. The minimum atomic E-state index is -0.616. The number of carbonyl (C=O) groups is 3. The summed E-state index contributed by atoms with van der Waals surface area (Å²) >= 11 is 0. The number of carbonyl (C=O) groups excluding carboxylic acids is 3. The molecule has 0 heterocycles. The number of benzene rings is 2. The molecule has 0 radical (unpaired) electrons. The number of rotatable bonds is 8. The van der Waals surface area contributed by atoms with E-state index in [1.54, 1.807) is 51.1 Å². The third-order valence-electron chi connectivity index (χ3n) is 4.50. The molecule has 0 aromatic heterocycles. The van der Waals surface area contributed by atoms with Gasteiger partial charge < -0.3 is 14.8 Å². The lowest BCUT2D eigenvalue weighted by molar-refractivity contribution is -0.148. The molecular formula is C28H36N2O5. The largest absolute Gasteiger partial charge is 0.457 e. The summed E-state index contributed by atoms with van der Waals surface area (Å²) in [5, 5.41) is 5.53. The van der Waals surface area contributed by atoms with Gasteiger partial charge in [-0.15, -0.1) is 0 Å². The minimum Gasteiger partial charge on any atom is -0.457 e. The van der Waals surface area contributed by atoms with Gasteiger partial charge in [0.2, 0.25) is 5.91 Å². The highest BCUT2D eigenvalue weighted by atomic mass is 16.6. The maximum absolute atomic E-state index is 12.5. The van der Waals surface area contributed by atoms with E-state index in [4.69, 9.17) is 9.47 Å². The number of nitrogens with one attached hydrogen (secondary N) is 2. The lowest BCUT2D eigenvalue weighted by Gasteiger charge is -2.20. The summed E-state index contributed by atoms with van der Waals surface area (Å²) in [5.41, 5.74) is 1.85. The van der Waals surface area contributed by atoms with E-state index in [2.05, 4.69) is 10.6 Å². The molecule has 0 saturated heterocycles. The van der Waals surface area contributed by atoms with Crippen LogP contribution in [-0.2, 0) is 25.5 Å². The normalized spacial score (nSPS) is 11.7. The van der Waals surface area contributed by atoms with Gasteiger partial charge in [-0.2, -0.15) is 0 Å². The zero-order valence-corrected chi connectivity index (χ0v) is 21.4. The molecule has 0 bridgehead atoms. The Morgan fingerprint density at radius 1 is 0.800 bits per heavy atom. The molecule has 188 valence electrons. The van der Waals surface area contributed by atoms with Gasteiger partial charge in [0, 0.05) is 12.5 Å². The van der Waals surface area contributed by atoms with Crippen molar-refractivity contribution in [2.75, 3.05) is 10.6 Å². The van der Waals surface area contributed by atoms with Crippen LogP contribution < -0.4 is 10.6 Å². The first-order chi connectivity index (χ1) is 16.3. The fraction of sp³-hybridized carbons (Fsp3) is 0.393. The van der Waals surface area contributed by atoms with Crippen LogP contribution in [-0.4, -0.2) is 29.2 Å². The quantitative estimate of drug-likeness (QED) is 0.339. The molecule has 0 aliphatic heterocycles. The van der Waals surface area contributed by atoms with E-state index >= 15 is 0 Å². The third kappa shape index (κ3) is 11.4. The Labute approximate surface area is 207 Å². The Balaban J connectivity index is 1.83. The van der Waals surface area contributed by atoms with E-state index in [1.165, 1.54) is 6.08 Å². The highest BCUT2D eigenvalue weighted by Crippen LogP contribution is 2.22. The van der Waals surface area contributed by atoms with E-state index in [9.17, 15) is 14.4 Å². The first-order valence-electron chi connectivity index (χ1n) is 11.7. The fourth-order valence-electron chi connectivity index (χ4n) is 3.08. The van der Waals surface area contributed by atoms with Crippen LogP contribution in [0.1, 0.15) is 65.5 Å². The van der Waals surface area contributed by atoms with E-state index < -0.39 is 17.3 Å². The number of ether oxygens (including phenoxy) is 2. The molecule has 7 heteroatoms. The van der Waals surface area contributed by atoms with Crippen LogP contribution in [0.2, 0.25) is 0 Å². The number of amides is 2. The van der Waals surface area contributed by atoms with Gasteiger partial charge in [-0.25, -0.2) is 9.59 Å². The van der Waals surface area contributed by atoms with E-state index in [-0.39, 0.29) is 11.9 Å². The molecular weight excluding hydrogens is 444 g/mol. The molecule has 0 fully saturated rings. The summed E-state index contributed by atoms with van der Waals surface area (Å²) < 4.78 is 10.5. The summed E-state index contributed by atoms with van der Waals surface area (Å²) in [6.07, 6.45) is 4.29. The Morgan fingerprint density at radius 3 is 1.94 bits per heavy atom. The van der Waals surface area contributed by atoms with Crippen LogP contribution in [0.5, 0.6) is 0 Å². The van der Waals surface area contributed by atoms with Crippen molar-refractivity contribution >= 4 is 35.4 Å². The minimum absolute atomic E-state index is 0.139. The smallest absolute Gasteiger partial charge is 0.412 e. The fourth-order valence-corrected chi connectivity index (χ4v) is 3.08. The van der Waals surface area contributed by atoms with Gasteiger partial charge in [0.1, 0.15) is 11.2 Å². The summed E-state index contributed by atoms with van der Waals surface area (Å²) in [5.74, 6) is -0.518. The van der Waals surface area contributed by atoms with Crippen molar-refractivity contribution in [3.05, 3.63) is 65.7 Å². The van der Waals surface area contributed by atoms with Crippen molar-refractivity contribution in [2.24, 2.45) is 0 Å². The highest BCUT2D eigenvalue weighted by molar-refractivity contribution is 5.97. The molecule has 2 aromatic carbocycles. The molecule has 0 atom stereocenters. The number of anilines is 2. The van der Waals surface area contributed by atoms with Crippen LogP contribution in [0.15, 0.2) is 54.6 Å². The van der Waals surface area contributed by atoms with Crippen molar-refractivity contribution in [1.29, 1.82) is 0 Å². The Kier molecular flexibility index (Phi) is 9.63. The summed E-state index contributed by atoms with van der Waals surface area (Å²) in [7, 11) is 0. The number of aryl methyl sites for hydroxylation is 1. The second-order valence-electron chi connectivity index (χ2n) is 10.2. The lowest BCUT2D eigenvalue weighted by Crippen LogP contribution is -2.27. The van der Waals surface area contributed by atoms with Crippen molar-refractivity contribution < 1.29 is 23.9 Å². The summed E-state index contributed by atoms with van der Waals surface area (Å²) in [6.45, 7) is 10.8. The Bertz CT molecular complexity index is 1040. The third-order valence-corrected chi connectivity index (χ3v) is 4.50. The molecule has 0 spiro atoms. The van der Waals surface area contributed by atoms with Crippen molar-refractivity contribution in [3.63, 3.8) is 0 Å². The van der Waals surface area contributed by atoms with E-state index in [1.807, 2.05) is 45.0 Å². The zero-order valence-electron chi connectivity index (χ0n) is 21.4. The first-order valence-corrected chi connectivity index (χ1v) is 11.7. The number of hydrogen-bond acceptors (Lipinski definition) is 5. The molecule has 0 aliphatic carbocycles. The molecule has 2 rings (SSSR count). The van der Waals surface area contributed by atoms with E-state index in [0.717, 1.165) is 17.5 Å². The van der Waals surface area contributed by atoms with Crippen molar-refractivity contribution in [3.8, 4) is 0 Å². The molecule has 0 aliphatic rings. The number of esters is 1. The average Bonchev–Trinajstić information content (AvgIpc) is 2.72. The Hall–Kier alpha value is -3.61. The van der Waals surface area contributed by atoms with Gasteiger partial charge in [0.15, 0.2) is 0 Å². The molecule has 7 nitrogen and oxygen atoms in total. The zero-order chi connectivity index (χ0) is 26.1. The number of hydrogen-bond donors (Lipinski definition) is 2. The van der Waals surface area contributed by atoms with Gasteiger partial charge in [-0.3, -0.25) is 10.1 Å². The first kappa shape index (κ1) is 27.6. The Morgan fingerprint density at radius 2 is 1.37 bits per heavy atom. The summed E-state index contributed by atoms with van der Waals surface area (Å²) in [6, 6.07) is 14.8. The van der Waals surface area contributed by atoms with Crippen molar-refractivity contribution in [2.45, 2.75) is 72.0 Å². The highest BCUT2D eigenvalue weighted by Gasteiger charge is 2.17. The predicted molar refractivity (Wildman–Crippen MR) is 139 cm³/mol. The van der Waals surface area contributed by atoms with Crippen LogP contribution >= 0.6 is 0 Å². The van der Waals surface area contributed by atoms with Crippen LogP contribution in [0, 0.1) is 0 Å². The monoisotopic (exact) mass is 480 g/mol. The van der Waals surface area contributed by atoms with Gasteiger partial charge in [0.05, 0.1) is 11.4 Å². The van der Waals surface area contributed by atoms with E-state index in [0.29, 0.717) is 24.2 Å². The average molecular weight is 481 g/mol. The predicted octanol–water partition coefficient (Wildman–Crippen LogP) is 6.35. The van der Waals surface area contributed by atoms with Gasteiger partial charge in [-0.1, -0.05) is 36.4 Å². The molecule has 2 aromatic rings. The molecule has 0 saturated carbocycles. The molecule has 0 unspecified atom stereocenters. The van der Waals surface area contributed by atoms with Gasteiger partial charge in [-0.05, 0) is 83.7 Å². The number of para-hydroxylation sites is 2. The molecule has 2 N–H and O–H groups in total. The van der Waals surface area contributed by atoms with Crippen LogP contribution in [0.3, 0.4) is 0 Å². The maximum atomic E-state index is 12.5. The SMILES string of the molecule is CC(C)(C)OC(=O)C=Cc1ccc(CCCC(=O)Nc2ccccc2NC(=O)OC(C)(C)C)cc1. The van der Waals surface area contributed by atoms with Crippen molar-refractivity contribution in [1.82, 2.24) is 0 Å². The van der Waals surface area contributed by atoms with Crippen LogP contribution in [0.4, 0.5) is 16.2 Å². The second-order valence-corrected chi connectivity index (χ2v) is 10.2.